The van der Waals surface area contributed by atoms with Crippen molar-refractivity contribution in [2.45, 2.75) is 29.7 Å². The van der Waals surface area contributed by atoms with Crippen molar-refractivity contribution in [3.8, 4) is 0 Å². The van der Waals surface area contributed by atoms with Crippen LogP contribution in [0.2, 0.25) is 5.15 Å². The Morgan fingerprint density at radius 1 is 0.627 bits per heavy atom. The molecule has 0 saturated carbocycles. The largest absolute Gasteiger partial charge is 0.396 e. The smallest absolute Gasteiger partial charge is 0.311 e. The van der Waals surface area contributed by atoms with Crippen molar-refractivity contribution in [2.75, 3.05) is 115 Å². The number of nitrogen functional groups attached to an aromatic ring is 1. The summed E-state index contributed by atoms with van der Waals surface area (Å²) in [5.41, 5.74) is 6.57. The molecule has 0 spiro atoms. The number of nitrogens with one attached hydrogen (secondary N) is 1. The third-order valence-corrected chi connectivity index (χ3v) is 7.95. The van der Waals surface area contributed by atoms with Crippen LogP contribution in [0.25, 0.3) is 0 Å². The Balaban J connectivity index is 0. The normalized spacial score (nSPS) is 15.8. The summed E-state index contributed by atoms with van der Waals surface area (Å²) >= 11 is 5.37. The van der Waals surface area contributed by atoms with Crippen molar-refractivity contribution in [2.24, 2.45) is 0 Å². The second kappa shape index (κ2) is 25.7. The maximum absolute atomic E-state index is 10.9. The summed E-state index contributed by atoms with van der Waals surface area (Å²) in [6.07, 6.45) is 4.79. The molecule has 0 atom stereocenters. The topological polar surface area (TPSA) is 179 Å². The van der Waals surface area contributed by atoms with E-state index in [0.717, 1.165) is 77.0 Å². The van der Waals surface area contributed by atoms with Gasteiger partial charge in [-0.25, -0.2) is 15.0 Å². The molecule has 0 amide bonds. The zero-order valence-electron chi connectivity index (χ0n) is 27.2. The van der Waals surface area contributed by atoms with Gasteiger partial charge < -0.3 is 35.6 Å². The van der Waals surface area contributed by atoms with Gasteiger partial charge in [0.25, 0.3) is 0 Å². The van der Waals surface area contributed by atoms with E-state index in [1.54, 1.807) is 18.5 Å². The Morgan fingerprint density at radius 3 is 1.41 bits per heavy atom. The minimum atomic E-state index is -0.574. The minimum absolute atomic E-state index is 0. The standard InChI is InChI=1S/C10H14N4O2.C10H16N4.C5H3ClN2O2.C5H12N2.4CH4/c1-12-5-7-13(8-6-12)10-9(14(15)16)3-2-4-11-10;1-13-5-7-14(8-6-13)10-9(11)3-2-4-12-10;6-5-4(8(9)10)2-1-3-7-5;1-7-4-2-6-3-5-7;;;;/h2-4H,5-8H2,1H3;2-4H,5-8,11H2,1H3;1-3H;6H,2-5H2,1H3;4*1H4. The molecule has 3 fully saturated rings. The number of likely N-dealkylation sites (N-methyl/N-ethyl adjacent to an activating group) is 3. The second-order valence-corrected chi connectivity index (χ2v) is 11.6. The van der Waals surface area contributed by atoms with Crippen LogP contribution in [0, 0.1) is 20.2 Å². The molecule has 6 rings (SSSR count). The number of hydrogen-bond donors (Lipinski definition) is 2. The highest BCUT2D eigenvalue weighted by Gasteiger charge is 2.23. The first-order chi connectivity index (χ1) is 22.6. The molecular weight excluding hydrogens is 676 g/mol. The number of nitrogens with zero attached hydrogens (tertiary/aromatic N) is 10. The van der Waals surface area contributed by atoms with Crippen LogP contribution in [0.4, 0.5) is 28.7 Å². The Kier molecular flexibility index (Phi) is 24.6. The highest BCUT2D eigenvalue weighted by atomic mass is 35.5. The Hall–Kier alpha value is -4.22. The van der Waals surface area contributed by atoms with Crippen molar-refractivity contribution >= 4 is 40.3 Å². The van der Waals surface area contributed by atoms with E-state index < -0.39 is 4.92 Å². The van der Waals surface area contributed by atoms with Crippen LogP contribution in [-0.4, -0.2) is 139 Å². The monoisotopic (exact) mass is 736 g/mol. The molecule has 3 saturated heterocycles. The van der Waals surface area contributed by atoms with Gasteiger partial charge >= 0.3 is 11.4 Å². The van der Waals surface area contributed by atoms with Crippen molar-refractivity contribution in [3.05, 3.63) is 80.4 Å². The SMILES string of the molecule is C.C.C.C.CN1CCN(c2ncccc2N)CC1.CN1CCN(c2ncccc2[N+](=O)[O-])CC1.CN1CCNCC1.O=[N+]([O-])c1cccnc1Cl. The van der Waals surface area contributed by atoms with Gasteiger partial charge in [0, 0.05) is 109 Å². The molecule has 3 aliphatic heterocycles. The molecule has 0 aromatic carbocycles. The summed E-state index contributed by atoms with van der Waals surface area (Å²) in [7, 11) is 6.34. The van der Waals surface area contributed by atoms with Gasteiger partial charge in [-0.15, -0.1) is 0 Å². The van der Waals surface area contributed by atoms with Crippen LogP contribution in [0.3, 0.4) is 0 Å². The van der Waals surface area contributed by atoms with Crippen LogP contribution in [0.15, 0.2) is 55.0 Å². The van der Waals surface area contributed by atoms with E-state index in [0.29, 0.717) is 5.82 Å². The molecule has 17 heteroatoms. The fourth-order valence-electron chi connectivity index (χ4n) is 4.78. The quantitative estimate of drug-likeness (QED) is 0.211. The van der Waals surface area contributed by atoms with Crippen LogP contribution >= 0.6 is 11.6 Å². The summed E-state index contributed by atoms with van der Waals surface area (Å²) in [6, 6.07) is 9.63. The number of nitro groups is 2. The summed E-state index contributed by atoms with van der Waals surface area (Å²) in [5, 5.41) is 24.2. The van der Waals surface area contributed by atoms with E-state index in [4.69, 9.17) is 17.3 Å². The number of rotatable bonds is 4. The molecule has 51 heavy (non-hydrogen) atoms. The molecule has 3 aromatic heterocycles. The third kappa shape index (κ3) is 16.6. The van der Waals surface area contributed by atoms with Gasteiger partial charge in [-0.1, -0.05) is 41.3 Å². The van der Waals surface area contributed by atoms with Gasteiger partial charge in [-0.2, -0.15) is 0 Å². The van der Waals surface area contributed by atoms with E-state index in [-0.39, 0.29) is 51.2 Å². The van der Waals surface area contributed by atoms with Crippen molar-refractivity contribution in [3.63, 3.8) is 0 Å². The number of halogens is 1. The fraction of sp³-hybridized carbons (Fsp3) is 0.559. The molecule has 3 aromatic rings. The predicted molar refractivity (Wildman–Crippen MR) is 212 cm³/mol. The first-order valence-electron chi connectivity index (χ1n) is 15.4. The molecule has 0 bridgehead atoms. The van der Waals surface area contributed by atoms with Crippen LogP contribution in [0.5, 0.6) is 0 Å². The minimum Gasteiger partial charge on any atom is -0.396 e. The van der Waals surface area contributed by atoms with Crippen LogP contribution in [-0.2, 0) is 0 Å². The maximum Gasteiger partial charge on any atom is 0.311 e. The molecule has 3 N–H and O–H groups in total. The zero-order chi connectivity index (χ0) is 34.2. The zero-order valence-corrected chi connectivity index (χ0v) is 28.0. The van der Waals surface area contributed by atoms with Gasteiger partial charge in [0.15, 0.2) is 5.82 Å². The van der Waals surface area contributed by atoms with Gasteiger partial charge in [-0.05, 0) is 45.4 Å². The van der Waals surface area contributed by atoms with Gasteiger partial charge in [-0.3, -0.25) is 20.2 Å². The molecule has 16 nitrogen and oxygen atoms in total. The lowest BCUT2D eigenvalue weighted by Gasteiger charge is -2.33. The first kappa shape index (κ1) is 48.9. The number of hydrogen-bond acceptors (Lipinski definition) is 14. The molecule has 0 radical (unpaired) electrons. The highest BCUT2D eigenvalue weighted by Crippen LogP contribution is 2.25. The average molecular weight is 737 g/mol. The number of piperazine rings is 3. The Bertz CT molecular complexity index is 1400. The molecule has 0 unspecified atom stereocenters. The summed E-state index contributed by atoms with van der Waals surface area (Å²) in [6.45, 7) is 12.3. The molecule has 3 aliphatic rings. The molecule has 0 aliphatic carbocycles. The fourth-order valence-corrected chi connectivity index (χ4v) is 4.96. The van der Waals surface area contributed by atoms with E-state index in [1.165, 1.54) is 37.5 Å². The molecule has 288 valence electrons. The average Bonchev–Trinajstić information content (AvgIpc) is 3.07. The van der Waals surface area contributed by atoms with Crippen LogP contribution in [0.1, 0.15) is 29.7 Å². The Morgan fingerprint density at radius 2 is 1.02 bits per heavy atom. The number of anilines is 3. The van der Waals surface area contributed by atoms with Gasteiger partial charge in [0.05, 0.1) is 15.5 Å². The van der Waals surface area contributed by atoms with Gasteiger partial charge in [0.1, 0.15) is 0 Å². The Labute approximate surface area is 309 Å². The van der Waals surface area contributed by atoms with Crippen molar-refractivity contribution < 1.29 is 9.85 Å². The van der Waals surface area contributed by atoms with Crippen molar-refractivity contribution in [1.29, 1.82) is 0 Å². The summed E-state index contributed by atoms with van der Waals surface area (Å²) in [5.74, 6) is 1.42. The van der Waals surface area contributed by atoms with E-state index in [9.17, 15) is 20.2 Å². The lowest BCUT2D eigenvalue weighted by Crippen LogP contribution is -2.45. The van der Waals surface area contributed by atoms with E-state index in [1.807, 2.05) is 24.1 Å². The molecular formula is C34H61ClN12O4. The van der Waals surface area contributed by atoms with E-state index >= 15 is 0 Å². The van der Waals surface area contributed by atoms with Gasteiger partial charge in [0.2, 0.25) is 11.0 Å². The molecule has 6 heterocycles. The van der Waals surface area contributed by atoms with E-state index in [2.05, 4.69) is 54.0 Å². The summed E-state index contributed by atoms with van der Waals surface area (Å²) < 4.78 is 0. The number of pyridine rings is 3. The predicted octanol–water partition coefficient (Wildman–Crippen LogP) is 4.87. The second-order valence-electron chi connectivity index (χ2n) is 11.2. The lowest BCUT2D eigenvalue weighted by atomic mass is 10.3. The van der Waals surface area contributed by atoms with Crippen LogP contribution < -0.4 is 20.9 Å². The lowest BCUT2D eigenvalue weighted by molar-refractivity contribution is -0.385. The number of aromatic nitrogens is 3. The maximum atomic E-state index is 10.9. The third-order valence-electron chi connectivity index (χ3n) is 7.66. The highest BCUT2D eigenvalue weighted by molar-refractivity contribution is 6.31. The summed E-state index contributed by atoms with van der Waals surface area (Å²) in [4.78, 5) is 43.0. The first-order valence-corrected chi connectivity index (χ1v) is 15.8. The van der Waals surface area contributed by atoms with Crippen molar-refractivity contribution in [1.82, 2.24) is 35.0 Å². The number of nitrogens with two attached hydrogens (primary N) is 1.